The van der Waals surface area contributed by atoms with Crippen molar-refractivity contribution in [3.63, 3.8) is 0 Å². The Bertz CT molecular complexity index is 301. The average Bonchev–Trinajstić information content (AvgIpc) is 2.25. The van der Waals surface area contributed by atoms with Gasteiger partial charge in [-0.25, -0.2) is 4.79 Å². The summed E-state index contributed by atoms with van der Waals surface area (Å²) >= 11 is 0. The molecule has 4 heteroatoms. The van der Waals surface area contributed by atoms with Crippen LogP contribution in [0.2, 0.25) is 0 Å². The molecule has 0 saturated heterocycles. The van der Waals surface area contributed by atoms with Gasteiger partial charge in [0.2, 0.25) is 0 Å². The van der Waals surface area contributed by atoms with Crippen LogP contribution in [-0.2, 0) is 0 Å². The third kappa shape index (κ3) is 3.99. The van der Waals surface area contributed by atoms with Crippen molar-refractivity contribution in [3.8, 4) is 0 Å². The minimum atomic E-state index is -0.974. The molecule has 3 N–H and O–H groups in total. The van der Waals surface area contributed by atoms with Gasteiger partial charge in [-0.3, -0.25) is 0 Å². The number of hydrogen-bond acceptors (Lipinski definition) is 2. The van der Waals surface area contributed by atoms with Gasteiger partial charge in [0.25, 0.3) is 0 Å². The Morgan fingerprint density at radius 2 is 2.07 bits per heavy atom. The second kappa shape index (κ2) is 6.03. The van der Waals surface area contributed by atoms with Crippen molar-refractivity contribution in [2.45, 2.75) is 12.5 Å². The maximum Gasteiger partial charge on any atom is 0.404 e. The van der Waals surface area contributed by atoms with Crippen LogP contribution in [0.25, 0.3) is 0 Å². The number of nitrogens with one attached hydrogen (secondary N) is 2. The molecule has 0 heterocycles. The smallest absolute Gasteiger partial charge is 0.404 e. The molecule has 1 aromatic rings. The largest absolute Gasteiger partial charge is 0.465 e. The Morgan fingerprint density at radius 3 is 2.60 bits per heavy atom. The monoisotopic (exact) mass is 208 g/mol. The third-order valence-electron chi connectivity index (χ3n) is 2.26. The number of hydrogen-bond donors (Lipinski definition) is 3. The zero-order chi connectivity index (χ0) is 11.1. The van der Waals surface area contributed by atoms with Crippen molar-refractivity contribution < 1.29 is 9.90 Å². The number of benzene rings is 1. The van der Waals surface area contributed by atoms with Crippen LogP contribution in [0.4, 0.5) is 4.79 Å². The van der Waals surface area contributed by atoms with E-state index in [-0.39, 0.29) is 6.04 Å². The normalized spacial score (nSPS) is 12.1. The summed E-state index contributed by atoms with van der Waals surface area (Å²) in [5, 5.41) is 14.0. The minimum Gasteiger partial charge on any atom is -0.465 e. The summed E-state index contributed by atoms with van der Waals surface area (Å²) in [5.41, 5.74) is 1.17. The summed E-state index contributed by atoms with van der Waals surface area (Å²) in [6.45, 7) is 0.454. The molecular formula is C11H16N2O2. The summed E-state index contributed by atoms with van der Waals surface area (Å²) in [4.78, 5) is 10.3. The lowest BCUT2D eigenvalue weighted by Gasteiger charge is -2.16. The fraction of sp³-hybridized carbons (Fsp3) is 0.364. The first kappa shape index (κ1) is 11.5. The van der Waals surface area contributed by atoms with Crippen molar-refractivity contribution in [2.75, 3.05) is 13.6 Å². The predicted octanol–water partition coefficient (Wildman–Crippen LogP) is 1.60. The number of rotatable bonds is 5. The Hall–Kier alpha value is -1.55. The van der Waals surface area contributed by atoms with E-state index in [1.807, 2.05) is 37.4 Å². The molecule has 0 aromatic heterocycles. The predicted molar refractivity (Wildman–Crippen MR) is 58.9 cm³/mol. The first-order valence-electron chi connectivity index (χ1n) is 4.93. The fourth-order valence-electron chi connectivity index (χ4n) is 1.49. The Kier molecular flexibility index (Phi) is 4.63. The molecule has 1 aromatic carbocycles. The van der Waals surface area contributed by atoms with E-state index in [0.717, 1.165) is 6.42 Å². The molecule has 0 aliphatic heterocycles. The Labute approximate surface area is 89.3 Å². The van der Waals surface area contributed by atoms with Gasteiger partial charge < -0.3 is 15.7 Å². The van der Waals surface area contributed by atoms with Crippen LogP contribution in [0.3, 0.4) is 0 Å². The molecule has 1 amide bonds. The zero-order valence-electron chi connectivity index (χ0n) is 8.73. The van der Waals surface area contributed by atoms with Gasteiger partial charge in [0, 0.05) is 12.6 Å². The molecule has 1 atom stereocenters. The van der Waals surface area contributed by atoms with Crippen molar-refractivity contribution in [1.82, 2.24) is 10.6 Å². The van der Waals surface area contributed by atoms with Crippen LogP contribution in [0, 0.1) is 0 Å². The summed E-state index contributed by atoms with van der Waals surface area (Å²) in [6.07, 6.45) is -0.231. The van der Waals surface area contributed by atoms with Gasteiger partial charge in [0.1, 0.15) is 0 Å². The first-order chi connectivity index (χ1) is 7.24. The van der Waals surface area contributed by atoms with Crippen LogP contribution in [-0.4, -0.2) is 24.8 Å². The molecule has 15 heavy (non-hydrogen) atoms. The summed E-state index contributed by atoms with van der Waals surface area (Å²) in [5.74, 6) is 0. The van der Waals surface area contributed by atoms with E-state index in [1.54, 1.807) is 0 Å². The highest BCUT2D eigenvalue weighted by Gasteiger charge is 2.08. The highest BCUT2D eigenvalue weighted by molar-refractivity contribution is 5.64. The van der Waals surface area contributed by atoms with E-state index in [0.29, 0.717) is 6.54 Å². The molecule has 0 bridgehead atoms. The third-order valence-corrected chi connectivity index (χ3v) is 2.26. The molecule has 0 fully saturated rings. The molecule has 82 valence electrons. The first-order valence-corrected chi connectivity index (χ1v) is 4.93. The van der Waals surface area contributed by atoms with Gasteiger partial charge in [-0.1, -0.05) is 30.3 Å². The Morgan fingerprint density at radius 1 is 1.40 bits per heavy atom. The van der Waals surface area contributed by atoms with Gasteiger partial charge >= 0.3 is 6.09 Å². The molecular weight excluding hydrogens is 192 g/mol. The second-order valence-corrected chi connectivity index (χ2v) is 3.27. The van der Waals surface area contributed by atoms with Crippen LogP contribution in [0.1, 0.15) is 18.0 Å². The van der Waals surface area contributed by atoms with Crippen LogP contribution in [0.15, 0.2) is 30.3 Å². The second-order valence-electron chi connectivity index (χ2n) is 3.27. The number of amides is 1. The standard InChI is InChI=1S/C11H16N2O2/c1-12-10(7-8-13-11(14)15)9-5-3-2-4-6-9/h2-6,10,12-13H,7-8H2,1H3,(H,14,15). The fourth-order valence-corrected chi connectivity index (χ4v) is 1.49. The van der Waals surface area contributed by atoms with Gasteiger partial charge in [-0.15, -0.1) is 0 Å². The molecule has 0 spiro atoms. The SMILES string of the molecule is CNC(CCNC(=O)O)c1ccccc1. The molecule has 0 radical (unpaired) electrons. The topological polar surface area (TPSA) is 61.4 Å². The molecule has 1 rings (SSSR count). The van der Waals surface area contributed by atoms with E-state index in [2.05, 4.69) is 10.6 Å². The van der Waals surface area contributed by atoms with Gasteiger partial charge in [-0.2, -0.15) is 0 Å². The summed E-state index contributed by atoms with van der Waals surface area (Å²) in [7, 11) is 1.87. The van der Waals surface area contributed by atoms with Gasteiger partial charge in [0.15, 0.2) is 0 Å². The molecule has 0 aliphatic rings. The van der Waals surface area contributed by atoms with E-state index in [1.165, 1.54) is 5.56 Å². The van der Waals surface area contributed by atoms with Crippen molar-refractivity contribution in [2.24, 2.45) is 0 Å². The average molecular weight is 208 g/mol. The quantitative estimate of drug-likeness (QED) is 0.688. The highest BCUT2D eigenvalue weighted by Crippen LogP contribution is 2.14. The van der Waals surface area contributed by atoms with E-state index >= 15 is 0 Å². The lowest BCUT2D eigenvalue weighted by Crippen LogP contribution is -2.26. The van der Waals surface area contributed by atoms with Gasteiger partial charge in [-0.05, 0) is 19.0 Å². The van der Waals surface area contributed by atoms with Crippen LogP contribution in [0.5, 0.6) is 0 Å². The van der Waals surface area contributed by atoms with E-state index in [9.17, 15) is 4.79 Å². The lowest BCUT2D eigenvalue weighted by atomic mass is 10.0. The van der Waals surface area contributed by atoms with Crippen LogP contribution < -0.4 is 10.6 Å². The number of carbonyl (C=O) groups is 1. The van der Waals surface area contributed by atoms with E-state index < -0.39 is 6.09 Å². The number of carboxylic acid groups (broad SMARTS) is 1. The van der Waals surface area contributed by atoms with Crippen molar-refractivity contribution in [3.05, 3.63) is 35.9 Å². The molecule has 1 unspecified atom stereocenters. The minimum absolute atomic E-state index is 0.193. The summed E-state index contributed by atoms with van der Waals surface area (Å²) in [6, 6.07) is 10.2. The van der Waals surface area contributed by atoms with Crippen molar-refractivity contribution in [1.29, 1.82) is 0 Å². The van der Waals surface area contributed by atoms with Gasteiger partial charge in [0.05, 0.1) is 0 Å². The Balaban J connectivity index is 2.46. The molecule has 4 nitrogen and oxygen atoms in total. The summed E-state index contributed by atoms with van der Waals surface area (Å²) < 4.78 is 0. The maximum absolute atomic E-state index is 10.3. The van der Waals surface area contributed by atoms with E-state index in [4.69, 9.17) is 5.11 Å². The van der Waals surface area contributed by atoms with Crippen LogP contribution >= 0.6 is 0 Å². The lowest BCUT2D eigenvalue weighted by molar-refractivity contribution is 0.194. The van der Waals surface area contributed by atoms with Crippen molar-refractivity contribution >= 4 is 6.09 Å². The highest BCUT2D eigenvalue weighted by atomic mass is 16.4. The molecule has 0 aliphatic carbocycles. The maximum atomic E-state index is 10.3. The molecule has 0 saturated carbocycles. The zero-order valence-corrected chi connectivity index (χ0v) is 8.73.